The number of ether oxygens (including phenoxy) is 1. The summed E-state index contributed by atoms with van der Waals surface area (Å²) in [5, 5.41) is 3.36. The summed E-state index contributed by atoms with van der Waals surface area (Å²) in [4.78, 5) is 2.57. The van der Waals surface area contributed by atoms with E-state index in [0.29, 0.717) is 24.3 Å². The summed E-state index contributed by atoms with van der Waals surface area (Å²) in [6, 6.07) is 1.31. The molecule has 3 aliphatic rings. The Bertz CT molecular complexity index is 171. The Kier molecular flexibility index (Phi) is 1.15. The van der Waals surface area contributed by atoms with Gasteiger partial charge in [-0.3, -0.25) is 4.90 Å². The second-order valence-corrected chi connectivity index (χ2v) is 3.80. The van der Waals surface area contributed by atoms with Gasteiger partial charge in [0, 0.05) is 13.1 Å². The van der Waals surface area contributed by atoms with Crippen molar-refractivity contribution >= 4 is 0 Å². The minimum atomic E-state index is 0.484. The van der Waals surface area contributed by atoms with Crippen molar-refractivity contribution in [3.8, 4) is 0 Å². The Hall–Kier alpha value is -0.120. The van der Waals surface area contributed by atoms with Crippen LogP contribution in [-0.2, 0) is 4.74 Å². The summed E-state index contributed by atoms with van der Waals surface area (Å²) >= 11 is 0. The fraction of sp³-hybridized carbons (Fsp3) is 1.00. The van der Waals surface area contributed by atoms with E-state index < -0.39 is 0 Å². The highest BCUT2D eigenvalue weighted by molar-refractivity contribution is 5.11. The average Bonchev–Trinajstić information content (AvgIpc) is 2.55. The third kappa shape index (κ3) is 0.643. The minimum Gasteiger partial charge on any atom is -0.370 e. The van der Waals surface area contributed by atoms with E-state index >= 15 is 0 Å². The molecule has 3 aliphatic heterocycles. The quantitative estimate of drug-likeness (QED) is 0.547. The van der Waals surface area contributed by atoms with Gasteiger partial charge >= 0.3 is 0 Å². The van der Waals surface area contributed by atoms with Crippen LogP contribution in [0.1, 0.15) is 6.42 Å². The molecule has 0 saturated carbocycles. The number of nitrogens with one attached hydrogen (secondary N) is 1. The topological polar surface area (TPSA) is 24.5 Å². The monoisotopic (exact) mass is 154 g/mol. The molecule has 0 aromatic heterocycles. The van der Waals surface area contributed by atoms with E-state index in [4.69, 9.17) is 4.74 Å². The summed E-state index contributed by atoms with van der Waals surface area (Å²) in [7, 11) is 2.05. The summed E-state index contributed by atoms with van der Waals surface area (Å²) in [6.07, 6.45) is 2.28. The third-order valence-corrected chi connectivity index (χ3v) is 3.37. The van der Waals surface area contributed by atoms with E-state index in [1.807, 2.05) is 7.05 Å². The maximum absolute atomic E-state index is 5.85. The van der Waals surface area contributed by atoms with E-state index in [1.54, 1.807) is 0 Å². The Morgan fingerprint density at radius 3 is 3.00 bits per heavy atom. The van der Waals surface area contributed by atoms with Crippen molar-refractivity contribution in [1.82, 2.24) is 10.2 Å². The van der Waals surface area contributed by atoms with Gasteiger partial charge in [0.2, 0.25) is 0 Å². The molecule has 2 bridgehead atoms. The molecule has 0 radical (unpaired) electrons. The number of nitrogens with zero attached hydrogens (tertiary/aromatic N) is 1. The van der Waals surface area contributed by atoms with Crippen molar-refractivity contribution in [3.63, 3.8) is 0 Å². The summed E-state index contributed by atoms with van der Waals surface area (Å²) < 4.78 is 5.85. The van der Waals surface area contributed by atoms with Gasteiger partial charge < -0.3 is 10.1 Å². The van der Waals surface area contributed by atoms with Crippen LogP contribution in [0.2, 0.25) is 0 Å². The maximum atomic E-state index is 5.85. The molecule has 0 aromatic carbocycles. The van der Waals surface area contributed by atoms with Crippen LogP contribution in [-0.4, -0.2) is 49.3 Å². The lowest BCUT2D eigenvalue weighted by molar-refractivity contribution is 0.00833. The molecular formula is C8H14N2O. The molecule has 62 valence electrons. The highest BCUT2D eigenvalue weighted by atomic mass is 16.5. The first kappa shape index (κ1) is 6.40. The van der Waals surface area contributed by atoms with Gasteiger partial charge in [-0.25, -0.2) is 0 Å². The number of hydrogen-bond acceptors (Lipinski definition) is 3. The van der Waals surface area contributed by atoms with Crippen molar-refractivity contribution in [2.75, 3.05) is 20.1 Å². The average molecular weight is 154 g/mol. The first-order valence-electron chi connectivity index (χ1n) is 4.47. The van der Waals surface area contributed by atoms with Gasteiger partial charge in [-0.05, 0) is 13.5 Å². The number of hydrogen-bond donors (Lipinski definition) is 1. The van der Waals surface area contributed by atoms with Crippen LogP contribution in [0.4, 0.5) is 0 Å². The van der Waals surface area contributed by atoms with Crippen molar-refractivity contribution in [2.24, 2.45) is 0 Å². The predicted molar refractivity (Wildman–Crippen MR) is 41.5 cm³/mol. The second-order valence-electron chi connectivity index (χ2n) is 3.80. The summed E-state index contributed by atoms with van der Waals surface area (Å²) in [5.41, 5.74) is 0. The molecule has 3 heteroatoms. The Balaban J connectivity index is 1.93. The zero-order chi connectivity index (χ0) is 7.42. The van der Waals surface area contributed by atoms with Crippen LogP contribution in [0.3, 0.4) is 0 Å². The number of morpholine rings is 1. The molecular weight excluding hydrogens is 140 g/mol. The standard InChI is InChI=1S/C8H14N2O/c1-9-7-6-4-10-3-2-5(11-6)8(7)10/h5-9H,2-4H2,1H3/t5-,6+,7+,8+/m1/s1. The smallest absolute Gasteiger partial charge is 0.0875 e. The lowest BCUT2D eigenvalue weighted by Crippen LogP contribution is -2.40. The van der Waals surface area contributed by atoms with Crippen molar-refractivity contribution in [2.45, 2.75) is 30.7 Å². The molecule has 3 fully saturated rings. The minimum absolute atomic E-state index is 0.484. The summed E-state index contributed by atoms with van der Waals surface area (Å²) in [5.74, 6) is 0. The van der Waals surface area contributed by atoms with Crippen LogP contribution in [0.25, 0.3) is 0 Å². The fourth-order valence-corrected chi connectivity index (χ4v) is 2.94. The number of fused-ring (bicyclic) bond motifs is 1. The lowest BCUT2D eigenvalue weighted by atomic mass is 10.1. The van der Waals surface area contributed by atoms with Crippen LogP contribution < -0.4 is 5.32 Å². The van der Waals surface area contributed by atoms with E-state index in [-0.39, 0.29) is 0 Å². The van der Waals surface area contributed by atoms with Crippen LogP contribution in [0, 0.1) is 0 Å². The van der Waals surface area contributed by atoms with E-state index in [0.717, 1.165) is 6.54 Å². The van der Waals surface area contributed by atoms with Crippen molar-refractivity contribution in [1.29, 1.82) is 0 Å². The predicted octanol–water partition coefficient (Wildman–Crippen LogP) is -0.570. The van der Waals surface area contributed by atoms with Gasteiger partial charge in [0.05, 0.1) is 24.3 Å². The Labute approximate surface area is 66.7 Å². The van der Waals surface area contributed by atoms with Crippen molar-refractivity contribution < 1.29 is 4.74 Å². The van der Waals surface area contributed by atoms with Gasteiger partial charge in [-0.15, -0.1) is 0 Å². The zero-order valence-electron chi connectivity index (χ0n) is 6.79. The van der Waals surface area contributed by atoms with Gasteiger partial charge in [-0.1, -0.05) is 0 Å². The van der Waals surface area contributed by atoms with Crippen LogP contribution in [0.15, 0.2) is 0 Å². The number of likely N-dealkylation sites (N-methyl/N-ethyl adjacent to an activating group) is 1. The second kappa shape index (κ2) is 1.97. The SMILES string of the molecule is CN[C@@H]1[C@@H]2[C@H]3CCN2C[C@@H]1O3. The highest BCUT2D eigenvalue weighted by Gasteiger charge is 2.56. The third-order valence-electron chi connectivity index (χ3n) is 3.37. The first-order chi connectivity index (χ1) is 5.40. The van der Waals surface area contributed by atoms with Gasteiger partial charge in [0.25, 0.3) is 0 Å². The molecule has 0 spiro atoms. The van der Waals surface area contributed by atoms with Crippen molar-refractivity contribution in [3.05, 3.63) is 0 Å². The lowest BCUT2D eigenvalue weighted by Gasteiger charge is -2.21. The van der Waals surface area contributed by atoms with Crippen LogP contribution in [0.5, 0.6) is 0 Å². The van der Waals surface area contributed by atoms with Gasteiger partial charge in [0.15, 0.2) is 0 Å². The Morgan fingerprint density at radius 1 is 1.45 bits per heavy atom. The zero-order valence-corrected chi connectivity index (χ0v) is 6.79. The molecule has 0 amide bonds. The molecule has 11 heavy (non-hydrogen) atoms. The molecule has 3 saturated heterocycles. The largest absolute Gasteiger partial charge is 0.370 e. The van der Waals surface area contributed by atoms with Gasteiger partial charge in [-0.2, -0.15) is 0 Å². The molecule has 1 N–H and O–H groups in total. The molecule has 0 aromatic rings. The van der Waals surface area contributed by atoms with E-state index in [1.165, 1.54) is 13.0 Å². The molecule has 0 unspecified atom stereocenters. The Morgan fingerprint density at radius 2 is 2.36 bits per heavy atom. The van der Waals surface area contributed by atoms with Gasteiger partial charge in [0.1, 0.15) is 0 Å². The van der Waals surface area contributed by atoms with Crippen LogP contribution >= 0.6 is 0 Å². The highest BCUT2D eigenvalue weighted by Crippen LogP contribution is 2.39. The molecule has 0 aliphatic carbocycles. The number of rotatable bonds is 1. The molecule has 4 atom stereocenters. The molecule has 3 nitrogen and oxygen atoms in total. The normalized spacial score (nSPS) is 54.3. The first-order valence-corrected chi connectivity index (χ1v) is 4.47. The van der Waals surface area contributed by atoms with E-state index in [2.05, 4.69) is 10.2 Å². The van der Waals surface area contributed by atoms with E-state index in [9.17, 15) is 0 Å². The maximum Gasteiger partial charge on any atom is 0.0875 e. The summed E-state index contributed by atoms with van der Waals surface area (Å²) in [6.45, 7) is 2.41. The molecule has 3 rings (SSSR count). The fourth-order valence-electron chi connectivity index (χ4n) is 2.94. The molecule has 3 heterocycles.